The van der Waals surface area contributed by atoms with E-state index in [1.54, 1.807) is 12.1 Å². The van der Waals surface area contributed by atoms with Gasteiger partial charge in [-0.15, -0.1) is 13.2 Å². The molecule has 1 N–H and O–H groups in total. The van der Waals surface area contributed by atoms with Crippen LogP contribution in [0.1, 0.15) is 11.1 Å². The lowest BCUT2D eigenvalue weighted by molar-refractivity contribution is -0.274. The van der Waals surface area contributed by atoms with Gasteiger partial charge in [0.25, 0.3) is 10.0 Å². The molecule has 13 heteroatoms. The molecule has 0 radical (unpaired) electrons. The van der Waals surface area contributed by atoms with Gasteiger partial charge in [-0.3, -0.25) is 4.72 Å². The molecule has 0 unspecified atom stereocenters. The van der Waals surface area contributed by atoms with E-state index < -0.39 is 33.5 Å². The molecule has 0 aliphatic carbocycles. The zero-order chi connectivity index (χ0) is 24.2. The number of aromatic nitrogens is 1. The van der Waals surface area contributed by atoms with E-state index in [1.165, 1.54) is 6.07 Å². The number of pyridine rings is 1. The Labute approximate surface area is 184 Å². The lowest BCUT2D eigenvalue weighted by Gasteiger charge is -2.13. The molecule has 3 aromatic rings. The lowest BCUT2D eigenvalue weighted by Crippen LogP contribution is -2.17. The van der Waals surface area contributed by atoms with Crippen LogP contribution in [0.3, 0.4) is 0 Å². The monoisotopic (exact) mass is 478 g/mol. The number of rotatable bonds is 6. The number of hydrogen-bond donors (Lipinski definition) is 1. The van der Waals surface area contributed by atoms with E-state index in [4.69, 9.17) is 10.00 Å². The summed E-state index contributed by atoms with van der Waals surface area (Å²) in [6.45, 7) is 0. The number of benzene rings is 2. The molecule has 0 bridgehead atoms. The minimum absolute atomic E-state index is 0.162. The number of ether oxygens (including phenoxy) is 2. The van der Waals surface area contributed by atoms with Crippen molar-refractivity contribution in [1.82, 2.24) is 4.98 Å². The number of halogens is 4. The number of sulfonamides is 1. The fourth-order valence-electron chi connectivity index (χ4n) is 2.48. The van der Waals surface area contributed by atoms with Gasteiger partial charge in [0.15, 0.2) is 5.75 Å². The summed E-state index contributed by atoms with van der Waals surface area (Å²) in [5.41, 5.74) is -0.658. The van der Waals surface area contributed by atoms with Gasteiger partial charge in [0, 0.05) is 6.07 Å². The van der Waals surface area contributed by atoms with Crippen LogP contribution in [-0.4, -0.2) is 19.8 Å². The van der Waals surface area contributed by atoms with Crippen molar-refractivity contribution in [3.63, 3.8) is 0 Å². The second-order valence-electron chi connectivity index (χ2n) is 6.16. The lowest BCUT2D eigenvalue weighted by atomic mass is 10.2. The van der Waals surface area contributed by atoms with Gasteiger partial charge in [0.05, 0.1) is 22.2 Å². The van der Waals surface area contributed by atoms with Crippen molar-refractivity contribution in [3.8, 4) is 29.4 Å². The summed E-state index contributed by atoms with van der Waals surface area (Å²) >= 11 is 0. The Morgan fingerprint density at radius 3 is 2.27 bits per heavy atom. The first-order valence-electron chi connectivity index (χ1n) is 8.67. The fraction of sp³-hybridized carbons (Fsp3) is 0.0500. The summed E-state index contributed by atoms with van der Waals surface area (Å²) in [6.07, 6.45) is -4.24. The largest absolute Gasteiger partial charge is 0.573 e. The van der Waals surface area contributed by atoms with E-state index in [0.29, 0.717) is 0 Å². The Balaban J connectivity index is 1.89. The molecular weight excluding hydrogens is 468 g/mol. The predicted octanol–water partition coefficient (Wildman–Crippen LogP) is 4.46. The van der Waals surface area contributed by atoms with E-state index in [2.05, 4.69) is 14.4 Å². The molecule has 2 aromatic carbocycles. The van der Waals surface area contributed by atoms with Crippen molar-refractivity contribution in [2.45, 2.75) is 11.3 Å². The Morgan fingerprint density at radius 2 is 1.67 bits per heavy atom. The number of nitrogens with one attached hydrogen (secondary N) is 1. The molecule has 0 amide bonds. The summed E-state index contributed by atoms with van der Waals surface area (Å²) in [5, 5.41) is 18.3. The van der Waals surface area contributed by atoms with E-state index in [0.717, 1.165) is 48.7 Å². The third-order valence-electron chi connectivity index (χ3n) is 3.88. The molecule has 8 nitrogen and oxygen atoms in total. The summed E-state index contributed by atoms with van der Waals surface area (Å²) in [6, 6.07) is 11.6. The molecule has 3 rings (SSSR count). The fourth-order valence-corrected chi connectivity index (χ4v) is 3.51. The molecule has 0 saturated heterocycles. The van der Waals surface area contributed by atoms with Gasteiger partial charge in [0.2, 0.25) is 0 Å². The molecule has 0 fully saturated rings. The zero-order valence-electron chi connectivity index (χ0n) is 16.1. The quantitative estimate of drug-likeness (QED) is 0.519. The van der Waals surface area contributed by atoms with Crippen LogP contribution in [0.2, 0.25) is 0 Å². The maximum atomic E-state index is 12.9. The van der Waals surface area contributed by atoms with Gasteiger partial charge in [-0.2, -0.15) is 10.5 Å². The average molecular weight is 478 g/mol. The maximum Gasteiger partial charge on any atom is 0.573 e. The molecule has 0 aliphatic heterocycles. The Bertz CT molecular complexity index is 1380. The van der Waals surface area contributed by atoms with E-state index in [-0.39, 0.29) is 27.8 Å². The van der Waals surface area contributed by atoms with Crippen LogP contribution in [0.15, 0.2) is 59.6 Å². The van der Waals surface area contributed by atoms with Gasteiger partial charge in [0.1, 0.15) is 35.3 Å². The Kier molecular flexibility index (Phi) is 6.37. The highest BCUT2D eigenvalue weighted by atomic mass is 32.2. The predicted molar refractivity (Wildman–Crippen MR) is 104 cm³/mol. The van der Waals surface area contributed by atoms with Gasteiger partial charge in [-0.25, -0.2) is 17.8 Å². The highest BCUT2D eigenvalue weighted by molar-refractivity contribution is 7.92. The molecule has 0 spiro atoms. The second kappa shape index (κ2) is 9.02. The SMILES string of the molecule is N#Cc1cc(S(=O)(=O)Nc2ccc(F)cn2)ccc1Oc1ccc(C#N)c(OC(F)(F)F)c1. The van der Waals surface area contributed by atoms with E-state index >= 15 is 0 Å². The molecule has 1 heterocycles. The van der Waals surface area contributed by atoms with Gasteiger partial charge in [-0.05, 0) is 42.5 Å². The molecule has 0 atom stereocenters. The smallest absolute Gasteiger partial charge is 0.456 e. The van der Waals surface area contributed by atoms with Crippen molar-refractivity contribution in [1.29, 1.82) is 10.5 Å². The Hall–Kier alpha value is -4.36. The summed E-state index contributed by atoms with van der Waals surface area (Å²) < 4.78 is 87.0. The third kappa shape index (κ3) is 5.87. The molecular formula is C20H10F4N4O4S. The van der Waals surface area contributed by atoms with Gasteiger partial charge in [-0.1, -0.05) is 0 Å². The zero-order valence-corrected chi connectivity index (χ0v) is 16.9. The van der Waals surface area contributed by atoms with Crippen LogP contribution in [0, 0.1) is 28.5 Å². The van der Waals surface area contributed by atoms with Crippen molar-refractivity contribution >= 4 is 15.8 Å². The first-order valence-corrected chi connectivity index (χ1v) is 10.2. The molecule has 168 valence electrons. The standard InChI is InChI=1S/C20H10F4N4O4S/c21-14-2-6-19(27-11-14)28-33(29,30)16-4-5-17(13(7-16)10-26)31-15-3-1-12(9-25)18(8-15)32-20(22,23)24/h1-8,11H,(H,27,28). The van der Waals surface area contributed by atoms with Crippen molar-refractivity contribution in [3.05, 3.63) is 71.7 Å². The summed E-state index contributed by atoms with van der Waals surface area (Å²) in [4.78, 5) is 3.23. The number of nitriles is 2. The van der Waals surface area contributed by atoms with Crippen LogP contribution >= 0.6 is 0 Å². The third-order valence-corrected chi connectivity index (χ3v) is 5.23. The Morgan fingerprint density at radius 1 is 0.939 bits per heavy atom. The van der Waals surface area contributed by atoms with E-state index in [9.17, 15) is 31.2 Å². The van der Waals surface area contributed by atoms with Crippen molar-refractivity contribution in [2.24, 2.45) is 0 Å². The number of nitrogens with zero attached hydrogens (tertiary/aromatic N) is 3. The number of hydrogen-bond acceptors (Lipinski definition) is 7. The second-order valence-corrected chi connectivity index (χ2v) is 7.84. The average Bonchev–Trinajstić information content (AvgIpc) is 2.74. The molecule has 33 heavy (non-hydrogen) atoms. The summed E-state index contributed by atoms with van der Waals surface area (Å²) in [7, 11) is -4.21. The molecule has 0 saturated carbocycles. The van der Waals surface area contributed by atoms with Gasteiger partial charge < -0.3 is 9.47 Å². The summed E-state index contributed by atoms with van der Waals surface area (Å²) in [5.74, 6) is -2.01. The van der Waals surface area contributed by atoms with Crippen LogP contribution in [-0.2, 0) is 10.0 Å². The number of anilines is 1. The van der Waals surface area contributed by atoms with Crippen molar-refractivity contribution in [2.75, 3.05) is 4.72 Å². The highest BCUT2D eigenvalue weighted by Crippen LogP contribution is 2.33. The number of alkyl halides is 3. The van der Waals surface area contributed by atoms with Crippen LogP contribution < -0.4 is 14.2 Å². The van der Waals surface area contributed by atoms with Gasteiger partial charge >= 0.3 is 6.36 Å². The minimum atomic E-state index is -5.05. The van der Waals surface area contributed by atoms with E-state index in [1.807, 2.05) is 0 Å². The first-order chi connectivity index (χ1) is 15.5. The highest BCUT2D eigenvalue weighted by Gasteiger charge is 2.32. The first kappa shape index (κ1) is 23.3. The minimum Gasteiger partial charge on any atom is -0.456 e. The normalized spacial score (nSPS) is 11.2. The topological polar surface area (TPSA) is 125 Å². The van der Waals surface area contributed by atoms with Crippen LogP contribution in [0.5, 0.6) is 17.2 Å². The van der Waals surface area contributed by atoms with Crippen LogP contribution in [0.25, 0.3) is 0 Å². The molecule has 1 aromatic heterocycles. The molecule has 0 aliphatic rings. The maximum absolute atomic E-state index is 12.9. The van der Waals surface area contributed by atoms with Crippen LogP contribution in [0.4, 0.5) is 23.4 Å². The van der Waals surface area contributed by atoms with Crippen molar-refractivity contribution < 1.29 is 35.5 Å².